The van der Waals surface area contributed by atoms with Crippen molar-refractivity contribution in [1.82, 2.24) is 10.2 Å². The summed E-state index contributed by atoms with van der Waals surface area (Å²) in [5, 5.41) is 5.86. The number of nitrogens with one attached hydrogen (secondary N) is 2. The van der Waals surface area contributed by atoms with Crippen molar-refractivity contribution < 1.29 is 9.59 Å². The number of piperidine rings is 1. The number of benzene rings is 1. The number of nitrogens with zero attached hydrogens (tertiary/aromatic N) is 1. The molecular formula is C16H23N3O2. The Bertz CT molecular complexity index is 508. The van der Waals surface area contributed by atoms with Gasteiger partial charge >= 0.3 is 6.03 Å². The predicted octanol–water partition coefficient (Wildman–Crippen LogP) is 2.52. The summed E-state index contributed by atoms with van der Waals surface area (Å²) >= 11 is 0. The van der Waals surface area contributed by atoms with Gasteiger partial charge in [0.25, 0.3) is 0 Å². The monoisotopic (exact) mass is 289 g/mol. The third kappa shape index (κ3) is 4.21. The van der Waals surface area contributed by atoms with Gasteiger partial charge in [-0.1, -0.05) is 25.1 Å². The Morgan fingerprint density at radius 3 is 2.52 bits per heavy atom. The fourth-order valence-corrected chi connectivity index (χ4v) is 2.55. The minimum Gasteiger partial charge on any atom is -0.343 e. The Morgan fingerprint density at radius 1 is 1.24 bits per heavy atom. The van der Waals surface area contributed by atoms with E-state index in [9.17, 15) is 9.59 Å². The van der Waals surface area contributed by atoms with E-state index in [4.69, 9.17) is 0 Å². The molecule has 0 radical (unpaired) electrons. The number of anilines is 1. The van der Waals surface area contributed by atoms with Crippen LogP contribution in [0.2, 0.25) is 0 Å². The summed E-state index contributed by atoms with van der Waals surface area (Å²) in [6, 6.07) is 7.65. The van der Waals surface area contributed by atoms with Crippen LogP contribution in [0.3, 0.4) is 0 Å². The summed E-state index contributed by atoms with van der Waals surface area (Å²) < 4.78 is 0. The van der Waals surface area contributed by atoms with Gasteiger partial charge in [-0.3, -0.25) is 4.79 Å². The summed E-state index contributed by atoms with van der Waals surface area (Å²) in [5.41, 5.74) is 1.87. The molecule has 2 rings (SSSR count). The molecule has 0 saturated carbocycles. The molecule has 1 saturated heterocycles. The average Bonchev–Trinajstić information content (AvgIpc) is 2.49. The van der Waals surface area contributed by atoms with Crippen LogP contribution in [0.1, 0.15) is 31.7 Å². The molecule has 1 fully saturated rings. The standard InChI is InChI=1S/C16H23N3O2/c1-3-15(20)19-10-8-13(9-11-19)17-16(21)18-14-7-5-4-6-12(14)2/h4-7,13H,3,8-11H2,1-2H3,(H2,17,18,21). The Kier molecular flexibility index (Phi) is 5.20. The first-order chi connectivity index (χ1) is 10.1. The van der Waals surface area contributed by atoms with E-state index in [1.807, 2.05) is 43.0 Å². The zero-order valence-electron chi connectivity index (χ0n) is 12.7. The van der Waals surface area contributed by atoms with Crippen molar-refractivity contribution in [2.45, 2.75) is 39.2 Å². The first kappa shape index (κ1) is 15.4. The maximum atomic E-state index is 12.0. The Hall–Kier alpha value is -2.04. The van der Waals surface area contributed by atoms with Crippen molar-refractivity contribution in [3.05, 3.63) is 29.8 Å². The van der Waals surface area contributed by atoms with Gasteiger partial charge in [0.05, 0.1) is 0 Å². The lowest BCUT2D eigenvalue weighted by molar-refractivity contribution is -0.131. The van der Waals surface area contributed by atoms with E-state index < -0.39 is 0 Å². The van der Waals surface area contributed by atoms with Gasteiger partial charge in [0, 0.05) is 31.2 Å². The van der Waals surface area contributed by atoms with E-state index in [-0.39, 0.29) is 18.0 Å². The number of urea groups is 1. The van der Waals surface area contributed by atoms with Crippen LogP contribution >= 0.6 is 0 Å². The Labute approximate surface area is 125 Å². The highest BCUT2D eigenvalue weighted by Crippen LogP contribution is 2.14. The van der Waals surface area contributed by atoms with Crippen LogP contribution in [0.15, 0.2) is 24.3 Å². The van der Waals surface area contributed by atoms with Crippen LogP contribution in [-0.4, -0.2) is 36.0 Å². The predicted molar refractivity (Wildman–Crippen MR) is 83.2 cm³/mol. The SMILES string of the molecule is CCC(=O)N1CCC(NC(=O)Nc2ccccc2C)CC1. The lowest BCUT2D eigenvalue weighted by atomic mass is 10.0. The molecule has 0 atom stereocenters. The highest BCUT2D eigenvalue weighted by Gasteiger charge is 2.22. The van der Waals surface area contributed by atoms with E-state index in [0.717, 1.165) is 37.2 Å². The van der Waals surface area contributed by atoms with E-state index in [1.54, 1.807) is 0 Å². The second-order valence-corrected chi connectivity index (χ2v) is 5.42. The minimum atomic E-state index is -0.176. The summed E-state index contributed by atoms with van der Waals surface area (Å²) in [5.74, 6) is 0.192. The molecule has 2 N–H and O–H groups in total. The van der Waals surface area contributed by atoms with E-state index >= 15 is 0 Å². The number of carbonyl (C=O) groups excluding carboxylic acids is 2. The maximum Gasteiger partial charge on any atom is 0.319 e. The number of para-hydroxylation sites is 1. The largest absolute Gasteiger partial charge is 0.343 e. The Morgan fingerprint density at radius 2 is 1.90 bits per heavy atom. The summed E-state index contributed by atoms with van der Waals surface area (Å²) in [7, 11) is 0. The van der Waals surface area contributed by atoms with Crippen molar-refractivity contribution in [1.29, 1.82) is 0 Å². The van der Waals surface area contributed by atoms with Gasteiger partial charge in [-0.2, -0.15) is 0 Å². The zero-order valence-corrected chi connectivity index (χ0v) is 12.7. The zero-order chi connectivity index (χ0) is 15.2. The first-order valence-electron chi connectivity index (χ1n) is 7.51. The number of hydrogen-bond acceptors (Lipinski definition) is 2. The third-order valence-corrected chi connectivity index (χ3v) is 3.88. The minimum absolute atomic E-state index is 0.134. The molecule has 1 aliphatic rings. The smallest absolute Gasteiger partial charge is 0.319 e. The van der Waals surface area contributed by atoms with Crippen LogP contribution in [0.4, 0.5) is 10.5 Å². The van der Waals surface area contributed by atoms with Gasteiger partial charge in [-0.05, 0) is 31.4 Å². The molecule has 3 amide bonds. The fraction of sp³-hybridized carbons (Fsp3) is 0.500. The summed E-state index contributed by atoms with van der Waals surface area (Å²) in [6.45, 7) is 5.29. The van der Waals surface area contributed by atoms with Crippen molar-refractivity contribution in [3.8, 4) is 0 Å². The summed E-state index contributed by atoms with van der Waals surface area (Å²) in [4.78, 5) is 25.5. The number of rotatable bonds is 3. The van der Waals surface area contributed by atoms with Crippen molar-refractivity contribution in [3.63, 3.8) is 0 Å². The molecule has 114 valence electrons. The van der Waals surface area contributed by atoms with Gasteiger partial charge in [0.2, 0.25) is 5.91 Å². The number of amides is 3. The molecule has 5 heteroatoms. The van der Waals surface area contributed by atoms with E-state index in [2.05, 4.69) is 10.6 Å². The first-order valence-corrected chi connectivity index (χ1v) is 7.51. The molecule has 0 unspecified atom stereocenters. The van der Waals surface area contributed by atoms with Crippen LogP contribution in [0.5, 0.6) is 0 Å². The summed E-state index contributed by atoms with van der Waals surface area (Å²) in [6.07, 6.45) is 2.17. The normalized spacial score (nSPS) is 15.6. The van der Waals surface area contributed by atoms with Crippen molar-refractivity contribution >= 4 is 17.6 Å². The molecule has 1 aromatic carbocycles. The molecule has 1 aliphatic heterocycles. The van der Waals surface area contributed by atoms with Gasteiger partial charge in [-0.15, -0.1) is 0 Å². The van der Waals surface area contributed by atoms with Gasteiger partial charge < -0.3 is 15.5 Å². The molecular weight excluding hydrogens is 266 g/mol. The van der Waals surface area contributed by atoms with Crippen molar-refractivity contribution in [2.24, 2.45) is 0 Å². The fourth-order valence-electron chi connectivity index (χ4n) is 2.55. The lowest BCUT2D eigenvalue weighted by Crippen LogP contribution is -2.47. The second-order valence-electron chi connectivity index (χ2n) is 5.42. The molecule has 0 aliphatic carbocycles. The number of hydrogen-bond donors (Lipinski definition) is 2. The molecule has 0 bridgehead atoms. The van der Waals surface area contributed by atoms with Crippen LogP contribution in [0.25, 0.3) is 0 Å². The number of likely N-dealkylation sites (tertiary alicyclic amines) is 1. The van der Waals surface area contributed by atoms with Crippen LogP contribution in [0, 0.1) is 6.92 Å². The second kappa shape index (κ2) is 7.11. The third-order valence-electron chi connectivity index (χ3n) is 3.88. The quantitative estimate of drug-likeness (QED) is 0.898. The maximum absolute atomic E-state index is 12.0. The van der Waals surface area contributed by atoms with Gasteiger partial charge in [-0.25, -0.2) is 4.79 Å². The van der Waals surface area contributed by atoms with Gasteiger partial charge in [0.1, 0.15) is 0 Å². The molecule has 0 spiro atoms. The topological polar surface area (TPSA) is 61.4 Å². The van der Waals surface area contributed by atoms with Crippen LogP contribution < -0.4 is 10.6 Å². The number of aryl methyl sites for hydroxylation is 1. The number of carbonyl (C=O) groups is 2. The molecule has 1 aromatic rings. The highest BCUT2D eigenvalue weighted by atomic mass is 16.2. The van der Waals surface area contributed by atoms with E-state index in [0.29, 0.717) is 6.42 Å². The molecule has 1 heterocycles. The van der Waals surface area contributed by atoms with Crippen LogP contribution in [-0.2, 0) is 4.79 Å². The molecule has 0 aromatic heterocycles. The molecule has 21 heavy (non-hydrogen) atoms. The van der Waals surface area contributed by atoms with Gasteiger partial charge in [0.15, 0.2) is 0 Å². The molecule has 5 nitrogen and oxygen atoms in total. The Balaban J connectivity index is 1.80. The average molecular weight is 289 g/mol. The highest BCUT2D eigenvalue weighted by molar-refractivity contribution is 5.90. The van der Waals surface area contributed by atoms with E-state index in [1.165, 1.54) is 0 Å². The lowest BCUT2D eigenvalue weighted by Gasteiger charge is -2.32. The van der Waals surface area contributed by atoms with Crippen molar-refractivity contribution in [2.75, 3.05) is 18.4 Å².